The number of benzene rings is 1. The molecule has 1 saturated heterocycles. The summed E-state index contributed by atoms with van der Waals surface area (Å²) in [5.74, 6) is -0.944. The molecular weight excluding hydrogens is 448 g/mol. The van der Waals surface area contributed by atoms with Gasteiger partial charge in [-0.05, 0) is 19.1 Å². The van der Waals surface area contributed by atoms with Gasteiger partial charge in [-0.15, -0.1) is 12.4 Å². The third-order valence-electron chi connectivity index (χ3n) is 5.64. The smallest absolute Gasteiger partial charge is 0.352 e. The van der Waals surface area contributed by atoms with E-state index < -0.39 is 17.6 Å². The second-order valence-corrected chi connectivity index (χ2v) is 7.54. The second kappa shape index (κ2) is 9.41. The molecule has 3 aromatic rings. The Hall–Kier alpha value is -2.72. The first-order chi connectivity index (χ1) is 14.8. The summed E-state index contributed by atoms with van der Waals surface area (Å²) in [6, 6.07) is 3.22. The fourth-order valence-electron chi connectivity index (χ4n) is 3.74. The van der Waals surface area contributed by atoms with Crippen LogP contribution in [0.1, 0.15) is 16.8 Å². The summed E-state index contributed by atoms with van der Waals surface area (Å²) < 4.78 is 56.0. The Morgan fingerprint density at radius 2 is 1.72 bits per heavy atom. The highest BCUT2D eigenvalue weighted by molar-refractivity contribution is 5.85. The number of aromatic nitrogens is 4. The van der Waals surface area contributed by atoms with Gasteiger partial charge >= 0.3 is 6.18 Å². The van der Waals surface area contributed by atoms with Gasteiger partial charge in [0.05, 0.1) is 11.8 Å². The lowest BCUT2D eigenvalue weighted by Crippen LogP contribution is -2.46. The Morgan fingerprint density at radius 3 is 2.34 bits per heavy atom. The third-order valence-corrected chi connectivity index (χ3v) is 5.64. The number of alkyl halides is 3. The molecule has 0 radical (unpaired) electrons. The quantitative estimate of drug-likeness (QED) is 0.538. The molecule has 4 rings (SSSR count). The van der Waals surface area contributed by atoms with E-state index in [9.17, 15) is 17.6 Å². The van der Waals surface area contributed by atoms with Crippen LogP contribution in [0.3, 0.4) is 0 Å². The van der Waals surface area contributed by atoms with Crippen molar-refractivity contribution < 1.29 is 17.6 Å². The lowest BCUT2D eigenvalue weighted by Gasteiger charge is -2.36. The molecule has 0 N–H and O–H groups in total. The molecule has 0 aliphatic carbocycles. The van der Waals surface area contributed by atoms with Gasteiger partial charge in [0.2, 0.25) is 0 Å². The average Bonchev–Trinajstić information content (AvgIpc) is 3.06. The zero-order valence-electron chi connectivity index (χ0n) is 17.6. The topological polar surface area (TPSA) is 50.1 Å². The number of anilines is 1. The van der Waals surface area contributed by atoms with Gasteiger partial charge in [-0.25, -0.2) is 9.37 Å². The third kappa shape index (κ3) is 4.71. The van der Waals surface area contributed by atoms with E-state index >= 15 is 0 Å². The highest BCUT2D eigenvalue weighted by Crippen LogP contribution is 2.37. The summed E-state index contributed by atoms with van der Waals surface area (Å²) >= 11 is 0. The highest BCUT2D eigenvalue weighted by Gasteiger charge is 2.35. The van der Waals surface area contributed by atoms with Crippen LogP contribution >= 0.6 is 12.4 Å². The molecule has 32 heavy (non-hydrogen) atoms. The fourth-order valence-corrected chi connectivity index (χ4v) is 3.74. The van der Waals surface area contributed by atoms with Gasteiger partial charge in [0.25, 0.3) is 0 Å². The molecule has 1 fully saturated rings. The van der Waals surface area contributed by atoms with Gasteiger partial charge in [0.1, 0.15) is 11.5 Å². The summed E-state index contributed by atoms with van der Waals surface area (Å²) in [6.45, 7) is 5.46. The minimum atomic E-state index is -4.78. The van der Waals surface area contributed by atoms with E-state index in [2.05, 4.69) is 20.0 Å². The van der Waals surface area contributed by atoms with Crippen molar-refractivity contribution in [1.29, 1.82) is 0 Å². The van der Waals surface area contributed by atoms with Gasteiger partial charge in [0.15, 0.2) is 5.82 Å². The number of halogens is 5. The Bertz CT molecular complexity index is 1080. The molecule has 172 valence electrons. The van der Waals surface area contributed by atoms with E-state index in [1.54, 1.807) is 0 Å². The van der Waals surface area contributed by atoms with Crippen LogP contribution < -0.4 is 4.90 Å². The molecule has 2 aromatic heterocycles. The number of rotatable bonds is 4. The SMILES string of the molecule is Cc1c(CN2CCN(c3nccnc3-c3cccc(C(F)(F)F)c3F)CC2)cnn1C.Cl. The Kier molecular flexibility index (Phi) is 7.04. The summed E-state index contributed by atoms with van der Waals surface area (Å²) in [5.41, 5.74) is 0.869. The van der Waals surface area contributed by atoms with Gasteiger partial charge < -0.3 is 4.90 Å². The summed E-state index contributed by atoms with van der Waals surface area (Å²) in [4.78, 5) is 12.7. The van der Waals surface area contributed by atoms with Gasteiger partial charge in [-0.2, -0.15) is 18.3 Å². The lowest BCUT2D eigenvalue weighted by molar-refractivity contribution is -0.139. The molecule has 0 amide bonds. The molecule has 0 atom stereocenters. The predicted octanol–water partition coefficient (Wildman–Crippen LogP) is 4.09. The van der Waals surface area contributed by atoms with E-state index in [1.807, 2.05) is 29.7 Å². The van der Waals surface area contributed by atoms with Crippen LogP contribution in [-0.4, -0.2) is 50.8 Å². The van der Waals surface area contributed by atoms with Crippen LogP contribution in [0.5, 0.6) is 0 Å². The van der Waals surface area contributed by atoms with Crippen LogP contribution in [0.2, 0.25) is 0 Å². The van der Waals surface area contributed by atoms with Crippen LogP contribution in [-0.2, 0) is 19.8 Å². The molecular formula is C21H23ClF4N6. The minimum Gasteiger partial charge on any atom is -0.352 e. The van der Waals surface area contributed by atoms with E-state index in [0.717, 1.165) is 37.0 Å². The van der Waals surface area contributed by atoms with E-state index in [0.29, 0.717) is 18.9 Å². The molecule has 1 aliphatic heterocycles. The van der Waals surface area contributed by atoms with Crippen molar-refractivity contribution in [2.75, 3.05) is 31.1 Å². The van der Waals surface area contributed by atoms with E-state index in [1.165, 1.54) is 24.5 Å². The van der Waals surface area contributed by atoms with Crippen molar-refractivity contribution in [3.05, 3.63) is 59.4 Å². The standard InChI is InChI=1S/C21H22F4N6.ClH/c1-14-15(12-28-29(14)2)13-30-8-10-31(11-9-30)20-19(26-6-7-27-20)16-4-3-5-17(18(16)22)21(23,24)25;/h3-7,12H,8-11,13H2,1-2H3;1H. The van der Waals surface area contributed by atoms with Gasteiger partial charge in [0, 0.05) is 69.0 Å². The van der Waals surface area contributed by atoms with E-state index in [-0.39, 0.29) is 23.7 Å². The fraction of sp³-hybridized carbons (Fsp3) is 0.381. The molecule has 3 heterocycles. The summed E-state index contributed by atoms with van der Waals surface area (Å²) in [6.07, 6.45) is -0.0902. The van der Waals surface area contributed by atoms with Crippen LogP contribution in [0.25, 0.3) is 11.3 Å². The maximum Gasteiger partial charge on any atom is 0.419 e. The number of aryl methyl sites for hydroxylation is 1. The molecule has 0 bridgehead atoms. The Morgan fingerprint density at radius 1 is 1.03 bits per heavy atom. The van der Waals surface area contributed by atoms with Crippen LogP contribution in [0.4, 0.5) is 23.4 Å². The minimum absolute atomic E-state index is 0. The van der Waals surface area contributed by atoms with Gasteiger partial charge in [-0.3, -0.25) is 14.6 Å². The maximum atomic E-state index is 14.7. The lowest BCUT2D eigenvalue weighted by atomic mass is 10.1. The van der Waals surface area contributed by atoms with Crippen molar-refractivity contribution in [1.82, 2.24) is 24.6 Å². The molecule has 11 heteroatoms. The van der Waals surface area contributed by atoms with Crippen molar-refractivity contribution >= 4 is 18.2 Å². The summed E-state index contributed by atoms with van der Waals surface area (Å²) in [7, 11) is 1.90. The molecule has 0 saturated carbocycles. The van der Waals surface area contributed by atoms with Crippen LogP contribution in [0.15, 0.2) is 36.8 Å². The zero-order valence-corrected chi connectivity index (χ0v) is 18.4. The summed E-state index contributed by atoms with van der Waals surface area (Å²) in [5, 5.41) is 4.27. The first-order valence-electron chi connectivity index (χ1n) is 9.87. The Balaban J connectivity index is 0.00000289. The second-order valence-electron chi connectivity index (χ2n) is 7.54. The van der Waals surface area contributed by atoms with Crippen molar-refractivity contribution in [2.24, 2.45) is 7.05 Å². The molecule has 1 aromatic carbocycles. The van der Waals surface area contributed by atoms with Crippen molar-refractivity contribution in [2.45, 2.75) is 19.6 Å². The Labute approximate surface area is 189 Å². The predicted molar refractivity (Wildman–Crippen MR) is 115 cm³/mol. The number of piperazine rings is 1. The molecule has 0 spiro atoms. The van der Waals surface area contributed by atoms with Crippen molar-refractivity contribution in [3.63, 3.8) is 0 Å². The highest BCUT2D eigenvalue weighted by atomic mass is 35.5. The van der Waals surface area contributed by atoms with Gasteiger partial charge in [-0.1, -0.05) is 6.07 Å². The normalized spacial score (nSPS) is 15.0. The van der Waals surface area contributed by atoms with E-state index in [4.69, 9.17) is 0 Å². The van der Waals surface area contributed by atoms with Crippen molar-refractivity contribution in [3.8, 4) is 11.3 Å². The zero-order chi connectivity index (χ0) is 22.2. The number of nitrogens with zero attached hydrogens (tertiary/aromatic N) is 6. The molecule has 6 nitrogen and oxygen atoms in total. The maximum absolute atomic E-state index is 14.7. The number of hydrogen-bond donors (Lipinski definition) is 0. The molecule has 1 aliphatic rings. The number of hydrogen-bond acceptors (Lipinski definition) is 5. The monoisotopic (exact) mass is 470 g/mol. The first-order valence-corrected chi connectivity index (χ1v) is 9.87. The molecule has 0 unspecified atom stereocenters. The average molecular weight is 471 g/mol. The first kappa shape index (κ1) is 23.9. The largest absolute Gasteiger partial charge is 0.419 e. The van der Waals surface area contributed by atoms with Crippen LogP contribution in [0, 0.1) is 12.7 Å².